The molecular formula is C40H38F6N2O6. The predicted molar refractivity (Wildman–Crippen MR) is 191 cm³/mol. The first kappa shape index (κ1) is 41.1. The number of halogens is 6. The number of carbonyl (C=O) groups is 4. The first-order valence-corrected chi connectivity index (χ1v) is 16.7. The van der Waals surface area contributed by atoms with Crippen LogP contribution in [-0.4, -0.2) is 39.5 Å². The van der Waals surface area contributed by atoms with E-state index in [1.54, 1.807) is 20.8 Å². The van der Waals surface area contributed by atoms with Gasteiger partial charge in [-0.05, 0) is 95.5 Å². The van der Waals surface area contributed by atoms with Crippen molar-refractivity contribution in [1.82, 2.24) is 5.32 Å². The fourth-order valence-corrected chi connectivity index (χ4v) is 5.74. The van der Waals surface area contributed by atoms with Gasteiger partial charge in [-0.1, -0.05) is 65.0 Å². The fraction of sp³-hybridized carbons (Fsp3) is 0.300. The maximum absolute atomic E-state index is 14.4. The Morgan fingerprint density at radius 2 is 1.02 bits per heavy atom. The summed E-state index contributed by atoms with van der Waals surface area (Å²) in [5, 5.41) is 24.9. The third-order valence-electron chi connectivity index (χ3n) is 9.36. The van der Waals surface area contributed by atoms with Gasteiger partial charge in [0.05, 0.1) is 33.4 Å². The SMILES string of the molecule is CCC(C)(CC)NC(=O)c1ccc(-c2ccc(C(=O)Nc3ccc(-c4ccc(C(C)(C)C)cc4C(F)(F)F)c(C(F)(F)F)c3)c(C(=O)O)c2)cc1C(=O)O. The fourth-order valence-electron chi connectivity index (χ4n) is 5.74. The highest BCUT2D eigenvalue weighted by molar-refractivity contribution is 6.11. The zero-order valence-electron chi connectivity index (χ0n) is 30.1. The van der Waals surface area contributed by atoms with Crippen molar-refractivity contribution in [1.29, 1.82) is 0 Å². The number of alkyl halides is 6. The molecule has 0 radical (unpaired) electrons. The molecule has 0 bridgehead atoms. The first-order chi connectivity index (χ1) is 24.9. The van der Waals surface area contributed by atoms with Gasteiger partial charge in [0.2, 0.25) is 0 Å². The minimum absolute atomic E-state index is 0.130. The molecule has 4 N–H and O–H groups in total. The number of anilines is 1. The molecule has 0 aliphatic carbocycles. The number of carboxylic acid groups (broad SMARTS) is 2. The summed E-state index contributed by atoms with van der Waals surface area (Å²) >= 11 is 0. The minimum Gasteiger partial charge on any atom is -0.478 e. The van der Waals surface area contributed by atoms with Crippen LogP contribution in [0.1, 0.15) is 113 Å². The highest BCUT2D eigenvalue weighted by atomic mass is 19.4. The Balaban J connectivity index is 1.72. The molecule has 0 heterocycles. The summed E-state index contributed by atoms with van der Waals surface area (Å²) < 4.78 is 85.6. The maximum atomic E-state index is 14.4. The van der Waals surface area contributed by atoms with E-state index in [2.05, 4.69) is 10.6 Å². The van der Waals surface area contributed by atoms with Gasteiger partial charge in [0.15, 0.2) is 0 Å². The molecule has 0 aromatic heterocycles. The standard InChI is InChI=1S/C40H38F6N2O6/c1-7-38(6,8-2)48-34(50)28-14-10-22(18-30(28)36(53)54)21-9-13-27(29(17-21)35(51)52)33(49)47-24-12-16-26(32(20-24)40(44,45)46)25-15-11-23(37(3,4)5)19-31(25)39(41,42)43/h9-20H,7-8H2,1-6H3,(H,47,49)(H,48,50)(H,51,52)(H,53,54). The number of rotatable bonds is 10. The number of hydrogen-bond donors (Lipinski definition) is 4. The van der Waals surface area contributed by atoms with E-state index >= 15 is 0 Å². The quantitative estimate of drug-likeness (QED) is 0.119. The number of carbonyl (C=O) groups excluding carboxylic acids is 2. The molecule has 0 atom stereocenters. The molecule has 0 aliphatic heterocycles. The molecule has 4 aromatic rings. The average Bonchev–Trinajstić information content (AvgIpc) is 3.09. The molecule has 0 aliphatic rings. The van der Waals surface area contributed by atoms with Crippen LogP contribution in [0.15, 0.2) is 72.8 Å². The van der Waals surface area contributed by atoms with Crippen LogP contribution in [0.3, 0.4) is 0 Å². The summed E-state index contributed by atoms with van der Waals surface area (Å²) in [6.45, 7) is 10.5. The van der Waals surface area contributed by atoms with Crippen molar-refractivity contribution in [3.63, 3.8) is 0 Å². The molecule has 54 heavy (non-hydrogen) atoms. The zero-order chi connectivity index (χ0) is 40.6. The number of hydrogen-bond acceptors (Lipinski definition) is 4. The van der Waals surface area contributed by atoms with Crippen LogP contribution in [-0.2, 0) is 17.8 Å². The topological polar surface area (TPSA) is 133 Å². The molecule has 0 fully saturated rings. The first-order valence-electron chi connectivity index (χ1n) is 16.7. The van der Waals surface area contributed by atoms with Gasteiger partial charge in [-0.3, -0.25) is 9.59 Å². The Morgan fingerprint density at radius 3 is 1.44 bits per heavy atom. The van der Waals surface area contributed by atoms with Crippen LogP contribution in [0.4, 0.5) is 32.0 Å². The molecule has 0 saturated heterocycles. The van der Waals surface area contributed by atoms with Gasteiger partial charge in [0.1, 0.15) is 0 Å². The van der Waals surface area contributed by atoms with E-state index in [9.17, 15) is 55.7 Å². The largest absolute Gasteiger partial charge is 0.478 e. The molecule has 4 rings (SSSR count). The smallest absolute Gasteiger partial charge is 0.417 e. The molecule has 286 valence electrons. The van der Waals surface area contributed by atoms with Crippen molar-refractivity contribution in [2.24, 2.45) is 0 Å². The molecule has 2 amide bonds. The Kier molecular flexibility index (Phi) is 11.4. The van der Waals surface area contributed by atoms with Crippen molar-refractivity contribution in [2.45, 2.75) is 77.7 Å². The number of nitrogens with one attached hydrogen (secondary N) is 2. The Hall–Kier alpha value is -5.66. The van der Waals surface area contributed by atoms with E-state index in [0.29, 0.717) is 18.9 Å². The van der Waals surface area contributed by atoms with E-state index in [-0.39, 0.29) is 27.8 Å². The third kappa shape index (κ3) is 8.92. The Bertz CT molecular complexity index is 2130. The lowest BCUT2D eigenvalue weighted by atomic mass is 9.83. The van der Waals surface area contributed by atoms with Crippen LogP contribution in [0, 0.1) is 0 Å². The molecule has 0 unspecified atom stereocenters. The summed E-state index contributed by atoms with van der Waals surface area (Å²) in [6, 6.07) is 12.6. The van der Waals surface area contributed by atoms with Gasteiger partial charge < -0.3 is 20.8 Å². The van der Waals surface area contributed by atoms with Crippen LogP contribution < -0.4 is 10.6 Å². The lowest BCUT2D eigenvalue weighted by Gasteiger charge is -2.28. The lowest BCUT2D eigenvalue weighted by Crippen LogP contribution is -2.45. The van der Waals surface area contributed by atoms with E-state index in [1.807, 2.05) is 20.8 Å². The third-order valence-corrected chi connectivity index (χ3v) is 9.36. The van der Waals surface area contributed by atoms with Gasteiger partial charge in [0, 0.05) is 11.2 Å². The minimum atomic E-state index is -5.16. The predicted octanol–water partition coefficient (Wildman–Crippen LogP) is 10.3. The number of aromatic carboxylic acids is 2. The summed E-state index contributed by atoms with van der Waals surface area (Å²) in [4.78, 5) is 50.8. The number of benzene rings is 4. The highest BCUT2D eigenvalue weighted by Gasteiger charge is 2.39. The highest BCUT2D eigenvalue weighted by Crippen LogP contribution is 2.45. The van der Waals surface area contributed by atoms with Crippen LogP contribution in [0.5, 0.6) is 0 Å². The van der Waals surface area contributed by atoms with Crippen molar-refractivity contribution in [3.8, 4) is 22.3 Å². The maximum Gasteiger partial charge on any atom is 0.417 e. The number of amides is 2. The van der Waals surface area contributed by atoms with Gasteiger partial charge in [-0.25, -0.2) is 9.59 Å². The monoisotopic (exact) mass is 756 g/mol. The molecule has 0 saturated carbocycles. The molecule has 4 aromatic carbocycles. The molecule has 0 spiro atoms. The van der Waals surface area contributed by atoms with Gasteiger partial charge >= 0.3 is 24.3 Å². The van der Waals surface area contributed by atoms with E-state index < -0.39 is 86.1 Å². The zero-order valence-corrected chi connectivity index (χ0v) is 30.1. The summed E-state index contributed by atoms with van der Waals surface area (Å²) in [5.74, 6) is -4.78. The van der Waals surface area contributed by atoms with E-state index in [0.717, 1.165) is 36.4 Å². The Labute approximate surface area is 307 Å². The number of carboxylic acids is 2. The molecule has 8 nitrogen and oxygen atoms in total. The van der Waals surface area contributed by atoms with Crippen molar-refractivity contribution in [2.75, 3.05) is 5.32 Å². The lowest BCUT2D eigenvalue weighted by molar-refractivity contribution is -0.139. The van der Waals surface area contributed by atoms with Crippen LogP contribution in [0.25, 0.3) is 22.3 Å². The van der Waals surface area contributed by atoms with Gasteiger partial charge in [-0.15, -0.1) is 0 Å². The van der Waals surface area contributed by atoms with E-state index in [1.165, 1.54) is 30.3 Å². The second-order valence-corrected chi connectivity index (χ2v) is 14.1. The van der Waals surface area contributed by atoms with Crippen molar-refractivity contribution >= 4 is 29.4 Å². The Morgan fingerprint density at radius 1 is 0.574 bits per heavy atom. The second-order valence-electron chi connectivity index (χ2n) is 14.1. The van der Waals surface area contributed by atoms with E-state index in [4.69, 9.17) is 0 Å². The van der Waals surface area contributed by atoms with Crippen molar-refractivity contribution < 1.29 is 55.7 Å². The second kappa shape index (κ2) is 15.0. The normalized spacial score (nSPS) is 12.3. The van der Waals surface area contributed by atoms with Crippen LogP contribution in [0.2, 0.25) is 0 Å². The summed E-state index contributed by atoms with van der Waals surface area (Å²) in [7, 11) is 0. The van der Waals surface area contributed by atoms with Gasteiger partial charge in [-0.2, -0.15) is 26.3 Å². The molecular weight excluding hydrogens is 718 g/mol. The average molecular weight is 757 g/mol. The summed E-state index contributed by atoms with van der Waals surface area (Å²) in [5.41, 5.74) is -7.02. The summed E-state index contributed by atoms with van der Waals surface area (Å²) in [6.07, 6.45) is -9.00. The molecule has 14 heteroatoms. The van der Waals surface area contributed by atoms with Crippen LogP contribution >= 0.6 is 0 Å². The van der Waals surface area contributed by atoms with Gasteiger partial charge in [0.25, 0.3) is 11.8 Å². The van der Waals surface area contributed by atoms with Crippen molar-refractivity contribution in [3.05, 3.63) is 112 Å².